The van der Waals surface area contributed by atoms with Gasteiger partial charge < -0.3 is 89.1 Å². The lowest BCUT2D eigenvalue weighted by Crippen LogP contribution is -2.69. The molecule has 99 heavy (non-hydrogen) atoms. The normalized spacial score (nSPS) is 27.8. The van der Waals surface area contributed by atoms with E-state index in [0.29, 0.717) is 31.6 Å². The van der Waals surface area contributed by atoms with Crippen LogP contribution in [0.4, 0.5) is 0 Å². The Hall–Kier alpha value is -2.30. The van der Waals surface area contributed by atoms with E-state index in [4.69, 9.17) is 42.2 Å². The highest BCUT2D eigenvalue weighted by Crippen LogP contribution is 2.49. The number of phosphoric ester groups is 1. The fourth-order valence-electron chi connectivity index (χ4n) is 13.0. The molecule has 1 aliphatic carbocycles. The van der Waals surface area contributed by atoms with Crippen LogP contribution in [0.2, 0.25) is 0 Å². The lowest BCUT2D eigenvalue weighted by atomic mass is 9.84. The predicted octanol–water partition coefficient (Wildman–Crippen LogP) is 11.0. The van der Waals surface area contributed by atoms with Gasteiger partial charge in [0.05, 0.1) is 13.2 Å². The Bertz CT molecular complexity index is 2110. The number of carbonyl (C=O) groups is 3. The molecule has 2 heterocycles. The second-order valence-electron chi connectivity index (χ2n) is 28.3. The van der Waals surface area contributed by atoms with E-state index < -0.39 is 156 Å². The van der Waals surface area contributed by atoms with Gasteiger partial charge in [-0.2, -0.15) is 0 Å². The van der Waals surface area contributed by atoms with Gasteiger partial charge in [0.2, 0.25) is 0 Å². The summed E-state index contributed by atoms with van der Waals surface area (Å²) < 4.78 is 65.1. The van der Waals surface area contributed by atoms with Crippen molar-refractivity contribution in [2.24, 2.45) is 5.92 Å². The number of phosphoric acid groups is 1. The van der Waals surface area contributed by atoms with E-state index in [1.807, 2.05) is 0 Å². The highest BCUT2D eigenvalue weighted by atomic mass is 31.2. The van der Waals surface area contributed by atoms with Crippen molar-refractivity contribution >= 4 is 25.7 Å². The zero-order valence-corrected chi connectivity index (χ0v) is 61.8. The maximum atomic E-state index is 14.4. The van der Waals surface area contributed by atoms with Crippen LogP contribution in [0.5, 0.6) is 0 Å². The first kappa shape index (κ1) is 90.9. The summed E-state index contributed by atoms with van der Waals surface area (Å²) in [5.74, 6) is -1.30. The van der Waals surface area contributed by atoms with Crippen molar-refractivity contribution < 1.29 is 117 Å². The zero-order valence-electron chi connectivity index (χ0n) is 61.0. The van der Waals surface area contributed by atoms with Crippen LogP contribution < -0.4 is 0 Å². The number of unbranched alkanes of at least 4 members (excludes halogenated alkanes) is 33. The number of allylic oxidation sites excluding steroid dienone is 2. The monoisotopic (exact) mass is 1440 g/mol. The molecule has 0 bridgehead atoms. The molecule has 582 valence electrons. The van der Waals surface area contributed by atoms with Crippen LogP contribution in [-0.4, -0.2) is 204 Å². The molecule has 3 fully saturated rings. The van der Waals surface area contributed by atoms with Gasteiger partial charge in [0.1, 0.15) is 98.7 Å². The molecular formula is C74H137O24P. The molecular weight excluding hydrogens is 1300 g/mol. The molecule has 1 saturated carbocycles. The van der Waals surface area contributed by atoms with Crippen LogP contribution >= 0.6 is 7.82 Å². The van der Waals surface area contributed by atoms with Crippen molar-refractivity contribution in [3.8, 4) is 0 Å². The molecule has 2 saturated heterocycles. The molecule has 19 atom stereocenters. The summed E-state index contributed by atoms with van der Waals surface area (Å²) in [6.07, 6.45) is 12.8. The molecule has 25 heteroatoms. The van der Waals surface area contributed by atoms with E-state index in [-0.39, 0.29) is 19.3 Å². The number of esters is 3. The first-order chi connectivity index (χ1) is 47.7. The largest absolute Gasteiger partial charge is 0.472 e. The highest BCUT2D eigenvalue weighted by Gasteiger charge is 2.58. The van der Waals surface area contributed by atoms with E-state index in [2.05, 4.69) is 39.8 Å². The topological polar surface area (TPSA) is 374 Å². The quantitative estimate of drug-likeness (QED) is 0.00886. The third-order valence-corrected chi connectivity index (χ3v) is 20.4. The van der Waals surface area contributed by atoms with E-state index in [9.17, 15) is 74.9 Å². The Morgan fingerprint density at radius 3 is 1.20 bits per heavy atom. The van der Waals surface area contributed by atoms with Crippen LogP contribution in [-0.2, 0) is 61.2 Å². The summed E-state index contributed by atoms with van der Waals surface area (Å²) >= 11 is 0. The van der Waals surface area contributed by atoms with Gasteiger partial charge in [-0.05, 0) is 50.9 Å². The van der Waals surface area contributed by atoms with Crippen molar-refractivity contribution in [3.05, 3.63) is 12.2 Å². The van der Waals surface area contributed by atoms with Gasteiger partial charge in [-0.3, -0.25) is 23.4 Å². The van der Waals surface area contributed by atoms with Crippen molar-refractivity contribution in [2.45, 2.75) is 408 Å². The van der Waals surface area contributed by atoms with E-state index in [1.54, 1.807) is 0 Å². The fraction of sp³-hybridized carbons (Fsp3) is 0.932. The highest BCUT2D eigenvalue weighted by molar-refractivity contribution is 7.47. The summed E-state index contributed by atoms with van der Waals surface area (Å²) in [4.78, 5) is 51.1. The standard InChI is InChI=1S/C74H137O24P/c1-5-8-11-14-17-19-21-23-25-27-29-31-37-43-48-59(77)91-53-57-62(80)64(82)69(87)74(95-57)97-71-67(85)65(83)66(84)70(96-73-68(86)63(81)61(79)56(50-75)94-73)72(71)98-99(88,89)92-52-55(93-60(78)49-44-39-32-30-28-26-24-22-20-18-15-12-9-6-2)51-90-58(76)47-42-38-34-33-36-41-46-54(4)45-40-35-16-13-10-7-3/h26,28,54-57,61-75,79-87H,5-25,27,29-53H2,1-4H3,(H,88,89)/b28-26-. The molecule has 0 radical (unpaired) electrons. The van der Waals surface area contributed by atoms with Crippen LogP contribution in [0.3, 0.4) is 0 Å². The minimum atomic E-state index is -5.70. The van der Waals surface area contributed by atoms with Crippen molar-refractivity contribution in [3.63, 3.8) is 0 Å². The number of aliphatic hydroxyl groups excluding tert-OH is 10. The molecule has 0 aromatic heterocycles. The molecule has 24 nitrogen and oxygen atoms in total. The average Bonchev–Trinajstić information content (AvgIpc) is 0.762. The van der Waals surface area contributed by atoms with Gasteiger partial charge >= 0.3 is 25.7 Å². The molecule has 0 aromatic carbocycles. The maximum Gasteiger partial charge on any atom is 0.472 e. The van der Waals surface area contributed by atoms with Gasteiger partial charge in [0.15, 0.2) is 18.7 Å². The second kappa shape index (κ2) is 55.2. The summed E-state index contributed by atoms with van der Waals surface area (Å²) in [6.45, 7) is 5.77. The zero-order chi connectivity index (χ0) is 72.6. The summed E-state index contributed by atoms with van der Waals surface area (Å²) in [5.41, 5.74) is 0. The number of hydrogen-bond acceptors (Lipinski definition) is 23. The summed E-state index contributed by atoms with van der Waals surface area (Å²) in [5, 5.41) is 110. The Labute approximate surface area is 592 Å². The molecule has 3 rings (SSSR count). The number of rotatable bonds is 60. The van der Waals surface area contributed by atoms with Gasteiger partial charge in [-0.25, -0.2) is 4.57 Å². The average molecular weight is 1440 g/mol. The Morgan fingerprint density at radius 1 is 0.414 bits per heavy atom. The number of ether oxygens (including phenoxy) is 7. The van der Waals surface area contributed by atoms with E-state index in [0.717, 1.165) is 89.9 Å². The molecule has 3 aliphatic rings. The number of carbonyl (C=O) groups excluding carboxylic acids is 3. The van der Waals surface area contributed by atoms with Gasteiger partial charge in [0.25, 0.3) is 0 Å². The van der Waals surface area contributed by atoms with E-state index in [1.165, 1.54) is 141 Å². The van der Waals surface area contributed by atoms with E-state index >= 15 is 0 Å². The molecule has 0 amide bonds. The first-order valence-corrected chi connectivity index (χ1v) is 40.4. The molecule has 0 spiro atoms. The third kappa shape index (κ3) is 38.5. The minimum absolute atomic E-state index is 0.0315. The van der Waals surface area contributed by atoms with Crippen molar-refractivity contribution in [1.29, 1.82) is 0 Å². The summed E-state index contributed by atoms with van der Waals surface area (Å²) in [6, 6.07) is 0. The van der Waals surface area contributed by atoms with Gasteiger partial charge in [-0.1, -0.05) is 252 Å². The molecule has 2 aliphatic heterocycles. The van der Waals surface area contributed by atoms with Crippen LogP contribution in [0, 0.1) is 5.92 Å². The Kier molecular flexibility index (Phi) is 50.7. The van der Waals surface area contributed by atoms with Crippen LogP contribution in [0.15, 0.2) is 12.2 Å². The van der Waals surface area contributed by atoms with Crippen LogP contribution in [0.25, 0.3) is 0 Å². The summed E-state index contributed by atoms with van der Waals surface area (Å²) in [7, 11) is -5.70. The number of aliphatic hydroxyl groups is 10. The SMILES string of the molecule is CCCCCCCCC/C=C\CCCCCC(=O)OC(COC(=O)CCCCCCCCC(C)CCCCCCCC)COP(=O)(O)OC1C(OC2OC(CO)C(O)C(O)C2O)C(O)C(O)C(O)C1OC1OC(COC(=O)CCCCCCCCCCCCCCCC)C(O)C(O)C1O. The lowest BCUT2D eigenvalue weighted by Gasteiger charge is -2.49. The lowest BCUT2D eigenvalue weighted by molar-refractivity contribution is -0.360. The molecule has 0 aromatic rings. The maximum absolute atomic E-state index is 14.4. The fourth-order valence-corrected chi connectivity index (χ4v) is 14.0. The number of hydrogen-bond donors (Lipinski definition) is 11. The Balaban J connectivity index is 1.74. The first-order valence-electron chi connectivity index (χ1n) is 38.9. The molecule has 11 N–H and O–H groups in total. The molecule has 19 unspecified atom stereocenters. The van der Waals surface area contributed by atoms with Crippen LogP contribution in [0.1, 0.15) is 304 Å². The van der Waals surface area contributed by atoms with Gasteiger partial charge in [-0.15, -0.1) is 0 Å². The van der Waals surface area contributed by atoms with Crippen molar-refractivity contribution in [2.75, 3.05) is 26.4 Å². The van der Waals surface area contributed by atoms with Gasteiger partial charge in [0, 0.05) is 19.3 Å². The second-order valence-corrected chi connectivity index (χ2v) is 29.8. The Morgan fingerprint density at radius 2 is 0.768 bits per heavy atom. The minimum Gasteiger partial charge on any atom is -0.463 e. The van der Waals surface area contributed by atoms with Crippen molar-refractivity contribution in [1.82, 2.24) is 0 Å². The predicted molar refractivity (Wildman–Crippen MR) is 375 cm³/mol. The smallest absolute Gasteiger partial charge is 0.463 e. The third-order valence-electron chi connectivity index (χ3n) is 19.4.